The highest BCUT2D eigenvalue weighted by Crippen LogP contribution is 2.23. The van der Waals surface area contributed by atoms with Crippen LogP contribution in [0.3, 0.4) is 0 Å². The molecule has 2 rings (SSSR count). The Balaban J connectivity index is 1.93. The molecule has 0 bridgehead atoms. The van der Waals surface area contributed by atoms with Crippen LogP contribution in [0.4, 0.5) is 0 Å². The summed E-state index contributed by atoms with van der Waals surface area (Å²) in [5.74, 6) is 0.156. The zero-order valence-electron chi connectivity index (χ0n) is 11.2. The van der Waals surface area contributed by atoms with E-state index in [9.17, 15) is 4.79 Å². The third-order valence-electron chi connectivity index (χ3n) is 3.14. The van der Waals surface area contributed by atoms with Crippen LogP contribution in [0.15, 0.2) is 18.7 Å². The van der Waals surface area contributed by atoms with E-state index < -0.39 is 5.41 Å². The molecule has 5 nitrogen and oxygen atoms in total. The molecule has 0 radical (unpaired) electrons. The smallest absolute Gasteiger partial charge is 0.312 e. The Labute approximate surface area is 108 Å². The molecule has 5 heteroatoms. The highest BCUT2D eigenvalue weighted by atomic mass is 16.6. The number of carbonyl (C=O) groups excluding carboxylic acids is 1. The predicted molar refractivity (Wildman–Crippen MR) is 67.7 cm³/mol. The van der Waals surface area contributed by atoms with Gasteiger partial charge in [-0.05, 0) is 33.7 Å². The van der Waals surface area contributed by atoms with Crippen molar-refractivity contribution >= 4 is 5.97 Å². The number of aromatic nitrogens is 2. The molecule has 0 aliphatic carbocycles. The fraction of sp³-hybridized carbons (Fsp3) is 0.692. The lowest BCUT2D eigenvalue weighted by Gasteiger charge is -2.24. The van der Waals surface area contributed by atoms with Gasteiger partial charge in [-0.1, -0.05) is 0 Å². The summed E-state index contributed by atoms with van der Waals surface area (Å²) in [4.78, 5) is 15.9. The van der Waals surface area contributed by atoms with Crippen LogP contribution in [-0.2, 0) is 16.1 Å². The molecule has 0 aromatic carbocycles. The monoisotopic (exact) mass is 251 g/mol. The Bertz CT molecular complexity index is 395. The molecular formula is C13H21N3O2. The van der Waals surface area contributed by atoms with Crippen LogP contribution in [0.25, 0.3) is 0 Å². The van der Waals surface area contributed by atoms with Crippen molar-refractivity contribution < 1.29 is 9.53 Å². The average molecular weight is 251 g/mol. The summed E-state index contributed by atoms with van der Waals surface area (Å²) in [5.41, 5.74) is -0.455. The summed E-state index contributed by atoms with van der Waals surface area (Å²) < 4.78 is 7.58. The first-order chi connectivity index (χ1) is 8.47. The molecule has 1 aromatic heterocycles. The maximum Gasteiger partial charge on any atom is 0.312 e. The molecular weight excluding hydrogens is 230 g/mol. The Morgan fingerprint density at radius 1 is 1.56 bits per heavy atom. The fourth-order valence-corrected chi connectivity index (χ4v) is 2.01. The molecule has 1 aliphatic heterocycles. The van der Waals surface area contributed by atoms with Crippen LogP contribution in [0.2, 0.25) is 0 Å². The van der Waals surface area contributed by atoms with E-state index in [-0.39, 0.29) is 12.2 Å². The first-order valence-electron chi connectivity index (χ1n) is 6.37. The normalized spacial score (nSPS) is 24.2. The number of hydrogen-bond donors (Lipinski definition) is 1. The van der Waals surface area contributed by atoms with Gasteiger partial charge < -0.3 is 9.30 Å². The van der Waals surface area contributed by atoms with Gasteiger partial charge in [0, 0.05) is 24.9 Å². The molecule has 100 valence electrons. The molecule has 0 amide bonds. The van der Waals surface area contributed by atoms with E-state index in [1.165, 1.54) is 0 Å². The van der Waals surface area contributed by atoms with Gasteiger partial charge in [-0.25, -0.2) is 4.98 Å². The molecule has 1 fully saturated rings. The Kier molecular flexibility index (Phi) is 3.71. The molecule has 2 atom stereocenters. The van der Waals surface area contributed by atoms with E-state index in [1.54, 1.807) is 12.5 Å². The number of carbonyl (C=O) groups is 1. The van der Waals surface area contributed by atoms with Crippen molar-refractivity contribution in [3.8, 4) is 0 Å². The number of nitrogens with one attached hydrogen (secondary N) is 1. The molecule has 0 saturated carbocycles. The van der Waals surface area contributed by atoms with Crippen molar-refractivity contribution in [2.24, 2.45) is 11.3 Å². The van der Waals surface area contributed by atoms with Gasteiger partial charge in [0.1, 0.15) is 0 Å². The lowest BCUT2D eigenvalue weighted by molar-refractivity contribution is -0.162. The maximum atomic E-state index is 11.9. The summed E-state index contributed by atoms with van der Waals surface area (Å²) in [5, 5.41) is 3.25. The maximum absolute atomic E-state index is 11.9. The minimum absolute atomic E-state index is 0.155. The highest BCUT2D eigenvalue weighted by Gasteiger charge is 2.33. The Morgan fingerprint density at radius 3 is 2.94 bits per heavy atom. The van der Waals surface area contributed by atoms with Crippen molar-refractivity contribution in [1.82, 2.24) is 14.9 Å². The Morgan fingerprint density at radius 2 is 2.33 bits per heavy atom. The molecule has 1 aromatic rings. The van der Waals surface area contributed by atoms with Crippen LogP contribution >= 0.6 is 0 Å². The number of nitrogens with zero attached hydrogens (tertiary/aromatic N) is 2. The van der Waals surface area contributed by atoms with Crippen molar-refractivity contribution in [3.63, 3.8) is 0 Å². The third-order valence-corrected chi connectivity index (χ3v) is 3.14. The summed E-state index contributed by atoms with van der Waals surface area (Å²) in [6, 6.07) is 0. The topological polar surface area (TPSA) is 56.1 Å². The second kappa shape index (κ2) is 5.10. The summed E-state index contributed by atoms with van der Waals surface area (Å²) in [6.07, 6.45) is 6.32. The molecule has 2 heterocycles. The number of hydrogen-bond acceptors (Lipinski definition) is 4. The lowest BCUT2D eigenvalue weighted by Crippen LogP contribution is -2.37. The molecule has 1 N–H and O–H groups in total. The van der Waals surface area contributed by atoms with Crippen LogP contribution in [-0.4, -0.2) is 28.3 Å². The SMILES string of the molecule is CC(C)(C)C(=O)OC1NCC[C@H]1Cn1ccnc1. The first-order valence-corrected chi connectivity index (χ1v) is 6.37. The van der Waals surface area contributed by atoms with Gasteiger partial charge in [-0.3, -0.25) is 10.1 Å². The van der Waals surface area contributed by atoms with Gasteiger partial charge in [-0.2, -0.15) is 0 Å². The largest absolute Gasteiger partial charge is 0.446 e. The molecule has 1 unspecified atom stereocenters. The molecule has 18 heavy (non-hydrogen) atoms. The third kappa shape index (κ3) is 3.10. The van der Waals surface area contributed by atoms with Gasteiger partial charge >= 0.3 is 5.97 Å². The highest BCUT2D eigenvalue weighted by molar-refractivity contribution is 5.75. The quantitative estimate of drug-likeness (QED) is 0.825. The standard InChI is InChI=1S/C13H21N3O2/c1-13(2,3)12(17)18-11-10(4-5-15-11)8-16-7-6-14-9-16/h6-7,9-11,15H,4-5,8H2,1-3H3/t10-,11?/m0/s1. The molecule has 1 saturated heterocycles. The number of esters is 1. The molecule has 1 aliphatic rings. The second-order valence-corrected chi connectivity index (χ2v) is 5.84. The van der Waals surface area contributed by atoms with E-state index in [4.69, 9.17) is 4.74 Å². The van der Waals surface area contributed by atoms with Gasteiger partial charge in [-0.15, -0.1) is 0 Å². The second-order valence-electron chi connectivity index (χ2n) is 5.84. The fourth-order valence-electron chi connectivity index (χ4n) is 2.01. The Hall–Kier alpha value is -1.36. The van der Waals surface area contributed by atoms with Crippen LogP contribution in [0.5, 0.6) is 0 Å². The lowest BCUT2D eigenvalue weighted by atomic mass is 9.97. The van der Waals surface area contributed by atoms with Crippen LogP contribution in [0.1, 0.15) is 27.2 Å². The van der Waals surface area contributed by atoms with E-state index in [0.29, 0.717) is 5.92 Å². The summed E-state index contributed by atoms with van der Waals surface area (Å²) >= 11 is 0. The van der Waals surface area contributed by atoms with Crippen LogP contribution < -0.4 is 5.32 Å². The zero-order valence-corrected chi connectivity index (χ0v) is 11.2. The first kappa shape index (κ1) is 13.1. The van der Waals surface area contributed by atoms with E-state index in [0.717, 1.165) is 19.5 Å². The van der Waals surface area contributed by atoms with Gasteiger partial charge in [0.2, 0.25) is 0 Å². The van der Waals surface area contributed by atoms with E-state index >= 15 is 0 Å². The zero-order chi connectivity index (χ0) is 13.2. The summed E-state index contributed by atoms with van der Waals surface area (Å²) in [6.45, 7) is 7.33. The van der Waals surface area contributed by atoms with E-state index in [2.05, 4.69) is 10.3 Å². The van der Waals surface area contributed by atoms with Crippen molar-refractivity contribution in [2.75, 3.05) is 6.54 Å². The van der Waals surface area contributed by atoms with Crippen molar-refractivity contribution in [3.05, 3.63) is 18.7 Å². The average Bonchev–Trinajstić information content (AvgIpc) is 2.90. The minimum atomic E-state index is -0.455. The number of rotatable bonds is 3. The van der Waals surface area contributed by atoms with E-state index in [1.807, 2.05) is 31.5 Å². The van der Waals surface area contributed by atoms with Gasteiger partial charge in [0.15, 0.2) is 6.23 Å². The van der Waals surface area contributed by atoms with Gasteiger partial charge in [0.05, 0.1) is 11.7 Å². The molecule has 0 spiro atoms. The van der Waals surface area contributed by atoms with Gasteiger partial charge in [0.25, 0.3) is 0 Å². The van der Waals surface area contributed by atoms with Crippen molar-refractivity contribution in [1.29, 1.82) is 0 Å². The predicted octanol–water partition coefficient (Wildman–Crippen LogP) is 1.41. The number of ether oxygens (including phenoxy) is 1. The number of imidazole rings is 1. The summed E-state index contributed by atoms with van der Waals surface area (Å²) in [7, 11) is 0. The van der Waals surface area contributed by atoms with Crippen LogP contribution in [0, 0.1) is 11.3 Å². The van der Waals surface area contributed by atoms with Crippen molar-refractivity contribution in [2.45, 2.75) is 40.0 Å². The minimum Gasteiger partial charge on any atom is -0.446 e.